The Bertz CT molecular complexity index is 2850. The molecule has 0 amide bonds. The Labute approximate surface area is 285 Å². The van der Waals surface area contributed by atoms with Crippen molar-refractivity contribution in [3.05, 3.63) is 152 Å². The molecule has 7 aromatic carbocycles. The fourth-order valence-corrected chi connectivity index (χ4v) is 8.79. The van der Waals surface area contributed by atoms with Gasteiger partial charge in [-0.2, -0.15) is 4.98 Å². The van der Waals surface area contributed by atoms with Gasteiger partial charge >= 0.3 is 0 Å². The van der Waals surface area contributed by atoms with Crippen LogP contribution >= 0.6 is 11.8 Å². The number of benzene rings is 7. The first-order valence-corrected chi connectivity index (χ1v) is 17.2. The average Bonchev–Trinajstić information content (AvgIpc) is 3.50. The summed E-state index contributed by atoms with van der Waals surface area (Å²) in [4.78, 5) is 20.0. The molecule has 0 N–H and O–H groups in total. The average molecular weight is 644 g/mol. The van der Waals surface area contributed by atoms with E-state index < -0.39 is 0 Å². The monoisotopic (exact) mass is 643 g/mol. The highest BCUT2D eigenvalue weighted by Crippen LogP contribution is 2.51. The summed E-state index contributed by atoms with van der Waals surface area (Å²) in [6, 6.07) is 49.7. The molecule has 0 atom stereocenters. The molecule has 228 valence electrons. The van der Waals surface area contributed by atoms with Crippen molar-refractivity contribution in [2.75, 3.05) is 4.90 Å². The number of nitrogens with zero attached hydrogens (tertiary/aromatic N) is 5. The Balaban J connectivity index is 1.27. The maximum absolute atomic E-state index is 5.48. The number of pyridine rings is 1. The number of para-hydroxylation sites is 3. The molecule has 0 spiro atoms. The fourth-order valence-electron chi connectivity index (χ4n) is 7.73. The van der Waals surface area contributed by atoms with Crippen molar-refractivity contribution in [2.45, 2.75) is 9.79 Å². The number of rotatable bonds is 3. The molecule has 0 saturated heterocycles. The fraction of sp³-hybridized carbons (Fsp3) is 0. The Kier molecular flexibility index (Phi) is 5.54. The van der Waals surface area contributed by atoms with Crippen LogP contribution in [-0.2, 0) is 0 Å². The van der Waals surface area contributed by atoms with E-state index in [0.29, 0.717) is 5.95 Å². The predicted octanol–water partition coefficient (Wildman–Crippen LogP) is 11.5. The van der Waals surface area contributed by atoms with Crippen LogP contribution in [0.15, 0.2) is 162 Å². The second kappa shape index (κ2) is 10.1. The van der Waals surface area contributed by atoms with Crippen molar-refractivity contribution in [1.29, 1.82) is 0 Å². The summed E-state index contributed by atoms with van der Waals surface area (Å²) in [5.41, 5.74) is 6.21. The highest BCUT2D eigenvalue weighted by Gasteiger charge is 2.28. The maximum Gasteiger partial charge on any atom is 0.237 e. The van der Waals surface area contributed by atoms with Crippen molar-refractivity contribution in [3.63, 3.8) is 0 Å². The molecule has 49 heavy (non-hydrogen) atoms. The van der Waals surface area contributed by atoms with E-state index in [9.17, 15) is 0 Å². The SMILES string of the molecule is c1ccc2c(c1)Sc1ccccc1N2c1nc(-c2cc3cccc4ccc5cccc2c5c43)cc(-n2c3ccccc3c3cnccc32)n1. The van der Waals surface area contributed by atoms with Crippen LogP contribution in [-0.4, -0.2) is 19.5 Å². The number of fused-ring (bicyclic) bond motifs is 5. The number of aromatic nitrogens is 4. The van der Waals surface area contributed by atoms with Crippen LogP contribution in [0.4, 0.5) is 17.3 Å². The zero-order chi connectivity index (χ0) is 32.1. The minimum atomic E-state index is 0.623. The molecule has 4 heterocycles. The molecule has 6 heteroatoms. The van der Waals surface area contributed by atoms with Gasteiger partial charge in [-0.15, -0.1) is 0 Å². The van der Waals surface area contributed by atoms with Crippen LogP contribution in [0.5, 0.6) is 0 Å². The Hall–Kier alpha value is -6.24. The first kappa shape index (κ1) is 26.8. The minimum absolute atomic E-state index is 0.623. The predicted molar refractivity (Wildman–Crippen MR) is 202 cm³/mol. The molecule has 0 unspecified atom stereocenters. The minimum Gasteiger partial charge on any atom is -0.293 e. The van der Waals surface area contributed by atoms with Crippen molar-refractivity contribution >= 4 is 83.2 Å². The zero-order valence-corrected chi connectivity index (χ0v) is 26.9. The Morgan fingerprint density at radius 1 is 0.510 bits per heavy atom. The van der Waals surface area contributed by atoms with E-state index in [0.717, 1.165) is 50.3 Å². The summed E-state index contributed by atoms with van der Waals surface area (Å²) in [6.07, 6.45) is 3.81. The summed E-state index contributed by atoms with van der Waals surface area (Å²) in [5.74, 6) is 1.42. The zero-order valence-electron chi connectivity index (χ0n) is 26.1. The van der Waals surface area contributed by atoms with Crippen molar-refractivity contribution in [2.24, 2.45) is 0 Å². The van der Waals surface area contributed by atoms with Crippen LogP contribution < -0.4 is 4.90 Å². The quantitative estimate of drug-likeness (QED) is 0.179. The smallest absolute Gasteiger partial charge is 0.237 e. The van der Waals surface area contributed by atoms with Gasteiger partial charge < -0.3 is 0 Å². The molecule has 11 rings (SSSR count). The largest absolute Gasteiger partial charge is 0.293 e. The van der Waals surface area contributed by atoms with Gasteiger partial charge in [-0.25, -0.2) is 4.98 Å². The third-order valence-electron chi connectivity index (χ3n) is 9.82. The van der Waals surface area contributed by atoms with Crippen LogP contribution in [0.2, 0.25) is 0 Å². The van der Waals surface area contributed by atoms with Gasteiger partial charge in [-0.3, -0.25) is 14.5 Å². The van der Waals surface area contributed by atoms with E-state index in [2.05, 4.69) is 154 Å². The van der Waals surface area contributed by atoms with Crippen LogP contribution in [0.3, 0.4) is 0 Å². The molecule has 3 aromatic heterocycles. The molecule has 5 nitrogen and oxygen atoms in total. The van der Waals surface area contributed by atoms with Crippen molar-refractivity contribution < 1.29 is 0 Å². The molecule has 0 saturated carbocycles. The molecular formula is C43H25N5S. The first-order valence-electron chi connectivity index (χ1n) is 16.4. The summed E-state index contributed by atoms with van der Waals surface area (Å²) >= 11 is 1.78. The normalized spacial score (nSPS) is 12.8. The van der Waals surface area contributed by atoms with E-state index in [-0.39, 0.29) is 0 Å². The van der Waals surface area contributed by atoms with Gasteiger partial charge in [0.05, 0.1) is 28.1 Å². The first-order chi connectivity index (χ1) is 24.3. The highest BCUT2D eigenvalue weighted by atomic mass is 32.2. The van der Waals surface area contributed by atoms with Crippen molar-refractivity contribution in [1.82, 2.24) is 19.5 Å². The molecular weight excluding hydrogens is 619 g/mol. The van der Waals surface area contributed by atoms with E-state index in [1.807, 2.05) is 12.4 Å². The second-order valence-electron chi connectivity index (χ2n) is 12.5. The molecule has 0 radical (unpaired) electrons. The lowest BCUT2D eigenvalue weighted by molar-refractivity contribution is 0.996. The highest BCUT2D eigenvalue weighted by molar-refractivity contribution is 7.99. The van der Waals surface area contributed by atoms with Gasteiger partial charge in [0.2, 0.25) is 5.95 Å². The van der Waals surface area contributed by atoms with E-state index in [4.69, 9.17) is 9.97 Å². The molecule has 0 fully saturated rings. The summed E-state index contributed by atoms with van der Waals surface area (Å²) in [6.45, 7) is 0. The third-order valence-corrected chi connectivity index (χ3v) is 11.0. The third kappa shape index (κ3) is 3.86. The van der Waals surface area contributed by atoms with Gasteiger partial charge in [-0.1, -0.05) is 103 Å². The topological polar surface area (TPSA) is 46.8 Å². The lowest BCUT2D eigenvalue weighted by Crippen LogP contribution is -2.18. The van der Waals surface area contributed by atoms with E-state index in [1.165, 1.54) is 42.1 Å². The Morgan fingerprint density at radius 2 is 1.18 bits per heavy atom. The van der Waals surface area contributed by atoms with E-state index in [1.54, 1.807) is 11.8 Å². The van der Waals surface area contributed by atoms with Gasteiger partial charge in [0.15, 0.2) is 0 Å². The molecule has 1 aliphatic heterocycles. The van der Waals surface area contributed by atoms with Crippen LogP contribution in [0, 0.1) is 0 Å². The lowest BCUT2D eigenvalue weighted by atomic mass is 9.90. The molecule has 0 bridgehead atoms. The van der Waals surface area contributed by atoms with Gasteiger partial charge in [-0.05, 0) is 74.8 Å². The lowest BCUT2D eigenvalue weighted by Gasteiger charge is -2.31. The summed E-state index contributed by atoms with van der Waals surface area (Å²) < 4.78 is 2.26. The Morgan fingerprint density at radius 3 is 2.02 bits per heavy atom. The maximum atomic E-state index is 5.48. The van der Waals surface area contributed by atoms with Gasteiger partial charge in [0, 0.05) is 44.6 Å². The van der Waals surface area contributed by atoms with E-state index >= 15 is 0 Å². The van der Waals surface area contributed by atoms with Crippen LogP contribution in [0.25, 0.3) is 71.2 Å². The molecule has 10 aromatic rings. The number of hydrogen-bond acceptors (Lipinski definition) is 5. The number of anilines is 3. The van der Waals surface area contributed by atoms with Gasteiger partial charge in [0.25, 0.3) is 0 Å². The van der Waals surface area contributed by atoms with Crippen molar-refractivity contribution in [3.8, 4) is 17.1 Å². The molecule has 0 aliphatic carbocycles. The summed E-state index contributed by atoms with van der Waals surface area (Å²) in [7, 11) is 0. The van der Waals surface area contributed by atoms with Crippen LogP contribution in [0.1, 0.15) is 0 Å². The molecule has 1 aliphatic rings. The van der Waals surface area contributed by atoms with Gasteiger partial charge in [0.1, 0.15) is 5.82 Å². The second-order valence-corrected chi connectivity index (χ2v) is 13.6. The standard InChI is InChI=1S/C43H25N5S/c1-2-14-34-29(12-1)32-25-44-22-21-35(32)47(34)40-24-33(31-23-28-11-7-9-26-19-20-27-10-8-13-30(31)42(27)41(26)28)45-43(46-40)48-36-15-3-5-17-38(36)49-39-18-6-4-16-37(39)48/h1-25H. The summed E-state index contributed by atoms with van der Waals surface area (Å²) in [5, 5.41) is 9.64. The number of hydrogen-bond donors (Lipinski definition) is 0.